The van der Waals surface area contributed by atoms with Gasteiger partial charge >= 0.3 is 0 Å². The third-order valence-corrected chi connectivity index (χ3v) is 4.21. The van der Waals surface area contributed by atoms with Crippen LogP contribution >= 0.6 is 0 Å². The first-order valence-corrected chi connectivity index (χ1v) is 8.12. The van der Waals surface area contributed by atoms with Crippen LogP contribution in [-0.4, -0.2) is 29.8 Å². The summed E-state index contributed by atoms with van der Waals surface area (Å²) in [6.45, 7) is 4.17. The number of hydrogen-bond acceptors (Lipinski definition) is 2. The van der Waals surface area contributed by atoms with Crippen LogP contribution < -0.4 is 5.32 Å². The zero-order valence-electron chi connectivity index (χ0n) is 14.5. The Balaban J connectivity index is 2.22. The minimum atomic E-state index is -0.522. The van der Waals surface area contributed by atoms with E-state index in [-0.39, 0.29) is 11.8 Å². The Morgan fingerprint density at radius 1 is 1.04 bits per heavy atom. The van der Waals surface area contributed by atoms with E-state index in [1.54, 1.807) is 18.9 Å². The molecule has 24 heavy (non-hydrogen) atoms. The van der Waals surface area contributed by atoms with Crippen LogP contribution in [0, 0.1) is 6.92 Å². The average Bonchev–Trinajstić information content (AvgIpc) is 2.61. The second kappa shape index (κ2) is 8.29. The van der Waals surface area contributed by atoms with Crippen molar-refractivity contribution in [2.75, 3.05) is 7.05 Å². The van der Waals surface area contributed by atoms with Gasteiger partial charge < -0.3 is 10.2 Å². The fraction of sp³-hybridized carbons (Fsp3) is 0.300. The van der Waals surface area contributed by atoms with Crippen LogP contribution in [0.4, 0.5) is 0 Å². The highest BCUT2D eigenvalue weighted by Crippen LogP contribution is 2.14. The average molecular weight is 324 g/mol. The number of rotatable bonds is 6. The summed E-state index contributed by atoms with van der Waals surface area (Å²) in [6, 6.07) is 17.0. The maximum absolute atomic E-state index is 12.9. The number of amides is 2. The Morgan fingerprint density at radius 2 is 1.67 bits per heavy atom. The maximum atomic E-state index is 12.9. The molecule has 4 nitrogen and oxygen atoms in total. The summed E-state index contributed by atoms with van der Waals surface area (Å²) in [5.41, 5.74) is 3.08. The molecule has 0 bridgehead atoms. The second-order valence-corrected chi connectivity index (χ2v) is 5.90. The van der Waals surface area contributed by atoms with Crippen molar-refractivity contribution in [1.82, 2.24) is 10.2 Å². The first-order valence-electron chi connectivity index (χ1n) is 8.12. The molecule has 0 heterocycles. The van der Waals surface area contributed by atoms with Crippen LogP contribution in [0.25, 0.3) is 0 Å². The Labute approximate surface area is 143 Å². The van der Waals surface area contributed by atoms with E-state index in [1.165, 1.54) is 0 Å². The summed E-state index contributed by atoms with van der Waals surface area (Å²) in [5.74, 6) is -0.215. The number of aryl methyl sites for hydroxylation is 1. The summed E-state index contributed by atoms with van der Waals surface area (Å²) in [7, 11) is 1.59. The van der Waals surface area contributed by atoms with Crippen molar-refractivity contribution >= 4 is 11.8 Å². The van der Waals surface area contributed by atoms with Gasteiger partial charge in [0, 0.05) is 13.6 Å². The number of carbonyl (C=O) groups is 2. The molecule has 0 spiro atoms. The Morgan fingerprint density at radius 3 is 2.29 bits per heavy atom. The molecule has 0 fully saturated rings. The minimum absolute atomic E-state index is 0.0516. The maximum Gasteiger partial charge on any atom is 0.242 e. The van der Waals surface area contributed by atoms with Gasteiger partial charge in [-0.05, 0) is 30.5 Å². The van der Waals surface area contributed by atoms with Crippen molar-refractivity contribution < 1.29 is 9.59 Å². The van der Waals surface area contributed by atoms with Crippen LogP contribution in [0.2, 0.25) is 0 Å². The minimum Gasteiger partial charge on any atom is -0.357 e. The van der Waals surface area contributed by atoms with Crippen molar-refractivity contribution in [3.8, 4) is 0 Å². The molecule has 0 saturated heterocycles. The number of nitrogens with one attached hydrogen (secondary N) is 1. The van der Waals surface area contributed by atoms with Crippen molar-refractivity contribution in [1.29, 1.82) is 0 Å². The van der Waals surface area contributed by atoms with Gasteiger partial charge in [0.1, 0.15) is 6.04 Å². The molecule has 1 N–H and O–H groups in total. The lowest BCUT2D eigenvalue weighted by molar-refractivity contribution is -0.139. The standard InChI is InChI=1S/C20H24N2O2/c1-15-9-7-8-12-18(15)13-19(23)22(16(2)20(24)21-3)14-17-10-5-4-6-11-17/h4-12,16H,13-14H2,1-3H3,(H,21,24)/t16-/m0/s1. The molecular formula is C20H24N2O2. The largest absolute Gasteiger partial charge is 0.357 e. The molecule has 0 aliphatic heterocycles. The predicted octanol–water partition coefficient (Wildman–Crippen LogP) is 2.70. The predicted molar refractivity (Wildman–Crippen MR) is 95.4 cm³/mol. The fourth-order valence-electron chi connectivity index (χ4n) is 2.64. The van der Waals surface area contributed by atoms with Crippen molar-refractivity contribution in [3.05, 3.63) is 71.3 Å². The molecule has 0 unspecified atom stereocenters. The lowest BCUT2D eigenvalue weighted by Crippen LogP contribution is -2.47. The highest BCUT2D eigenvalue weighted by molar-refractivity contribution is 5.88. The molecule has 0 aliphatic carbocycles. The van der Waals surface area contributed by atoms with Crippen LogP contribution in [0.3, 0.4) is 0 Å². The van der Waals surface area contributed by atoms with Crippen LogP contribution in [0.1, 0.15) is 23.6 Å². The molecule has 0 aliphatic rings. The normalized spacial score (nSPS) is 11.6. The molecule has 0 aromatic heterocycles. The third kappa shape index (κ3) is 4.44. The summed E-state index contributed by atoms with van der Waals surface area (Å²) in [4.78, 5) is 26.6. The van der Waals surface area contributed by atoms with Gasteiger partial charge in [0.05, 0.1) is 6.42 Å². The molecule has 0 saturated carbocycles. The Hall–Kier alpha value is -2.62. The van der Waals surface area contributed by atoms with Crippen LogP contribution in [0.5, 0.6) is 0 Å². The zero-order valence-corrected chi connectivity index (χ0v) is 14.5. The molecule has 2 aromatic rings. The van der Waals surface area contributed by atoms with Gasteiger partial charge in [0.25, 0.3) is 0 Å². The molecule has 2 rings (SSSR count). The number of benzene rings is 2. The van der Waals surface area contributed by atoms with Crippen molar-refractivity contribution in [3.63, 3.8) is 0 Å². The number of carbonyl (C=O) groups excluding carboxylic acids is 2. The van der Waals surface area contributed by atoms with E-state index in [0.29, 0.717) is 13.0 Å². The van der Waals surface area contributed by atoms with Crippen molar-refractivity contribution in [2.24, 2.45) is 0 Å². The summed E-state index contributed by atoms with van der Waals surface area (Å²) < 4.78 is 0. The monoisotopic (exact) mass is 324 g/mol. The van der Waals surface area contributed by atoms with Crippen LogP contribution in [0.15, 0.2) is 54.6 Å². The Kier molecular flexibility index (Phi) is 6.13. The summed E-state index contributed by atoms with van der Waals surface area (Å²) >= 11 is 0. The second-order valence-electron chi connectivity index (χ2n) is 5.90. The smallest absolute Gasteiger partial charge is 0.242 e. The van der Waals surface area contributed by atoms with E-state index < -0.39 is 6.04 Å². The van der Waals surface area contributed by atoms with E-state index in [4.69, 9.17) is 0 Å². The van der Waals surface area contributed by atoms with Gasteiger partial charge in [-0.1, -0.05) is 54.6 Å². The molecule has 0 radical (unpaired) electrons. The number of nitrogens with zero attached hydrogens (tertiary/aromatic N) is 1. The SMILES string of the molecule is CNC(=O)[C@H](C)N(Cc1ccccc1)C(=O)Cc1ccccc1C. The molecule has 2 aromatic carbocycles. The lowest BCUT2D eigenvalue weighted by atomic mass is 10.0. The summed E-state index contributed by atoms with van der Waals surface area (Å²) in [6.07, 6.45) is 0.293. The quantitative estimate of drug-likeness (QED) is 0.888. The van der Waals surface area contributed by atoms with Crippen molar-refractivity contribution in [2.45, 2.75) is 32.9 Å². The molecule has 126 valence electrons. The first-order chi connectivity index (χ1) is 11.5. The van der Waals surface area contributed by atoms with Gasteiger partial charge in [0.2, 0.25) is 11.8 Å². The van der Waals surface area contributed by atoms with Gasteiger partial charge in [-0.3, -0.25) is 9.59 Å². The molecule has 4 heteroatoms. The summed E-state index contributed by atoms with van der Waals surface area (Å²) in [5, 5.41) is 2.63. The fourth-order valence-corrected chi connectivity index (χ4v) is 2.64. The molecule has 2 amide bonds. The van der Waals surface area contributed by atoms with Gasteiger partial charge in [-0.15, -0.1) is 0 Å². The van der Waals surface area contributed by atoms with Gasteiger partial charge in [0.15, 0.2) is 0 Å². The lowest BCUT2D eigenvalue weighted by Gasteiger charge is -2.28. The highest BCUT2D eigenvalue weighted by Gasteiger charge is 2.25. The molecule has 1 atom stereocenters. The highest BCUT2D eigenvalue weighted by atomic mass is 16.2. The van der Waals surface area contributed by atoms with Crippen LogP contribution in [-0.2, 0) is 22.6 Å². The first kappa shape index (κ1) is 17.7. The zero-order chi connectivity index (χ0) is 17.5. The van der Waals surface area contributed by atoms with E-state index in [0.717, 1.165) is 16.7 Å². The number of hydrogen-bond donors (Lipinski definition) is 1. The van der Waals surface area contributed by atoms with Gasteiger partial charge in [-0.2, -0.15) is 0 Å². The van der Waals surface area contributed by atoms with Gasteiger partial charge in [-0.25, -0.2) is 0 Å². The third-order valence-electron chi connectivity index (χ3n) is 4.21. The van der Waals surface area contributed by atoms with E-state index in [9.17, 15) is 9.59 Å². The van der Waals surface area contributed by atoms with E-state index >= 15 is 0 Å². The number of likely N-dealkylation sites (N-methyl/N-ethyl adjacent to an activating group) is 1. The topological polar surface area (TPSA) is 49.4 Å². The molecular weight excluding hydrogens is 300 g/mol. The van der Waals surface area contributed by atoms with E-state index in [2.05, 4.69) is 5.32 Å². The Bertz CT molecular complexity index is 698. The van der Waals surface area contributed by atoms with E-state index in [1.807, 2.05) is 61.5 Å².